The number of halogens is 1. The molecule has 1 saturated carbocycles. The van der Waals surface area contributed by atoms with Crippen molar-refractivity contribution >= 4 is 22.9 Å². The quantitative estimate of drug-likeness (QED) is 0.781. The van der Waals surface area contributed by atoms with E-state index in [0.29, 0.717) is 17.2 Å². The van der Waals surface area contributed by atoms with Gasteiger partial charge >= 0.3 is 0 Å². The van der Waals surface area contributed by atoms with Crippen LogP contribution in [0.4, 0.5) is 0 Å². The molecule has 0 N–H and O–H groups in total. The maximum Gasteiger partial charge on any atom is 0.294 e. The first-order chi connectivity index (χ1) is 7.69. The van der Waals surface area contributed by atoms with E-state index in [9.17, 15) is 0 Å². The van der Waals surface area contributed by atoms with E-state index in [0.717, 1.165) is 29.7 Å². The second-order valence-corrected chi connectivity index (χ2v) is 5.89. The number of ether oxygens (including phenoxy) is 1. The van der Waals surface area contributed by atoms with Crippen molar-refractivity contribution in [2.45, 2.75) is 45.1 Å². The van der Waals surface area contributed by atoms with Gasteiger partial charge in [0.2, 0.25) is 0 Å². The van der Waals surface area contributed by atoms with Crippen LogP contribution in [0, 0.1) is 11.8 Å². The topological polar surface area (TPSA) is 35.0 Å². The molecule has 1 fully saturated rings. The lowest BCUT2D eigenvalue weighted by molar-refractivity contribution is 0.0996. The van der Waals surface area contributed by atoms with Crippen LogP contribution in [0.2, 0.25) is 0 Å². The Kier molecular flexibility index (Phi) is 4.03. The summed E-state index contributed by atoms with van der Waals surface area (Å²) in [5.41, 5.74) is 0. The number of hydrogen-bond acceptors (Lipinski definition) is 4. The van der Waals surface area contributed by atoms with E-state index in [-0.39, 0.29) is 0 Å². The molecule has 0 saturated heterocycles. The zero-order valence-corrected chi connectivity index (χ0v) is 11.2. The predicted octanol–water partition coefficient (Wildman–Crippen LogP) is 3.48. The summed E-state index contributed by atoms with van der Waals surface area (Å²) in [5, 5.41) is 9.43. The molecule has 16 heavy (non-hydrogen) atoms. The monoisotopic (exact) mass is 260 g/mol. The van der Waals surface area contributed by atoms with Crippen molar-refractivity contribution in [3.05, 3.63) is 5.01 Å². The van der Waals surface area contributed by atoms with Crippen molar-refractivity contribution in [2.75, 3.05) is 0 Å². The molecule has 0 bridgehead atoms. The first-order valence-corrected chi connectivity index (χ1v) is 7.09. The minimum atomic E-state index is 0.308. The summed E-state index contributed by atoms with van der Waals surface area (Å²) in [4.78, 5) is 0. The fraction of sp³-hybridized carbons (Fsp3) is 0.818. The Morgan fingerprint density at radius 3 is 2.75 bits per heavy atom. The van der Waals surface area contributed by atoms with Crippen LogP contribution in [-0.2, 0) is 5.88 Å². The third-order valence-corrected chi connectivity index (χ3v) is 4.61. The van der Waals surface area contributed by atoms with Gasteiger partial charge in [-0.15, -0.1) is 21.8 Å². The van der Waals surface area contributed by atoms with Crippen LogP contribution in [0.3, 0.4) is 0 Å². The fourth-order valence-corrected chi connectivity index (χ4v) is 2.91. The van der Waals surface area contributed by atoms with E-state index in [4.69, 9.17) is 16.3 Å². The molecule has 0 spiro atoms. The van der Waals surface area contributed by atoms with Gasteiger partial charge < -0.3 is 4.74 Å². The molecule has 3 unspecified atom stereocenters. The Labute approximate surface area is 105 Å². The highest BCUT2D eigenvalue weighted by Gasteiger charge is 2.26. The second-order valence-electron chi connectivity index (χ2n) is 4.60. The molecule has 0 amide bonds. The van der Waals surface area contributed by atoms with Crippen LogP contribution in [0.15, 0.2) is 0 Å². The van der Waals surface area contributed by atoms with E-state index in [1.54, 1.807) is 0 Å². The highest BCUT2D eigenvalue weighted by molar-refractivity contribution is 7.13. The van der Waals surface area contributed by atoms with Gasteiger partial charge in [0.15, 0.2) is 0 Å². The molecule has 0 radical (unpaired) electrons. The van der Waals surface area contributed by atoms with Gasteiger partial charge in [0.25, 0.3) is 5.19 Å². The zero-order valence-electron chi connectivity index (χ0n) is 9.65. The van der Waals surface area contributed by atoms with Crippen LogP contribution >= 0.6 is 22.9 Å². The van der Waals surface area contributed by atoms with Crippen LogP contribution in [0.25, 0.3) is 0 Å². The lowest BCUT2D eigenvalue weighted by Crippen LogP contribution is -2.28. The summed E-state index contributed by atoms with van der Waals surface area (Å²) in [5.74, 6) is 1.96. The summed E-state index contributed by atoms with van der Waals surface area (Å²) >= 11 is 7.13. The first kappa shape index (κ1) is 12.1. The summed E-state index contributed by atoms with van der Waals surface area (Å²) in [6, 6.07) is 0. The van der Waals surface area contributed by atoms with E-state index in [1.807, 2.05) is 0 Å². The molecule has 5 heteroatoms. The van der Waals surface area contributed by atoms with Gasteiger partial charge in [-0.3, -0.25) is 0 Å². The normalized spacial score (nSPS) is 30.3. The molecule has 3 nitrogen and oxygen atoms in total. The standard InChI is InChI=1S/C11H17ClN2OS/c1-7-3-4-9(5-8(7)2)15-11-14-13-10(6-12)16-11/h7-9H,3-6H2,1-2H3. The van der Waals surface area contributed by atoms with Crippen LogP contribution in [-0.4, -0.2) is 16.3 Å². The van der Waals surface area contributed by atoms with Gasteiger partial charge in [0.05, 0.1) is 5.88 Å². The smallest absolute Gasteiger partial charge is 0.294 e. The summed E-state index contributed by atoms with van der Waals surface area (Å²) in [6.45, 7) is 4.61. The van der Waals surface area contributed by atoms with E-state index in [2.05, 4.69) is 24.0 Å². The maximum absolute atomic E-state index is 5.84. The Hall–Kier alpha value is -0.350. The second kappa shape index (κ2) is 5.32. The minimum Gasteiger partial charge on any atom is -0.466 e. The van der Waals surface area contributed by atoms with Gasteiger partial charge in [-0.1, -0.05) is 25.2 Å². The first-order valence-electron chi connectivity index (χ1n) is 5.74. The van der Waals surface area contributed by atoms with Gasteiger partial charge in [0.1, 0.15) is 11.1 Å². The van der Waals surface area contributed by atoms with Crippen molar-refractivity contribution in [2.24, 2.45) is 11.8 Å². The maximum atomic E-state index is 5.84. The van der Waals surface area contributed by atoms with E-state index in [1.165, 1.54) is 17.8 Å². The van der Waals surface area contributed by atoms with Crippen molar-refractivity contribution in [1.29, 1.82) is 0 Å². The molecule has 1 aromatic heterocycles. The molecule has 1 aromatic rings. The summed E-state index contributed by atoms with van der Waals surface area (Å²) in [7, 11) is 0. The molecular formula is C11H17ClN2OS. The summed E-state index contributed by atoms with van der Waals surface area (Å²) in [6.07, 6.45) is 3.80. The van der Waals surface area contributed by atoms with Crippen molar-refractivity contribution < 1.29 is 4.74 Å². The van der Waals surface area contributed by atoms with Gasteiger partial charge in [-0.2, -0.15) is 0 Å². The molecule has 1 heterocycles. The predicted molar refractivity (Wildman–Crippen MR) is 66.1 cm³/mol. The lowest BCUT2D eigenvalue weighted by atomic mass is 9.80. The minimum absolute atomic E-state index is 0.308. The van der Waals surface area contributed by atoms with Crippen molar-refractivity contribution in [1.82, 2.24) is 10.2 Å². The lowest BCUT2D eigenvalue weighted by Gasteiger charge is -2.31. The van der Waals surface area contributed by atoms with E-state index < -0.39 is 0 Å². The molecule has 90 valence electrons. The van der Waals surface area contributed by atoms with Crippen molar-refractivity contribution in [3.8, 4) is 5.19 Å². The SMILES string of the molecule is CC1CCC(Oc2nnc(CCl)s2)CC1C. The van der Waals surface area contributed by atoms with Gasteiger partial charge in [0, 0.05) is 0 Å². The zero-order chi connectivity index (χ0) is 11.5. The molecule has 0 aliphatic heterocycles. The Balaban J connectivity index is 1.90. The largest absolute Gasteiger partial charge is 0.466 e. The fourth-order valence-electron chi connectivity index (χ4n) is 2.09. The Morgan fingerprint density at radius 1 is 1.31 bits per heavy atom. The molecule has 1 aliphatic rings. The third kappa shape index (κ3) is 2.86. The average molecular weight is 261 g/mol. The third-order valence-electron chi connectivity index (χ3n) is 3.38. The van der Waals surface area contributed by atoms with Gasteiger partial charge in [-0.25, -0.2) is 0 Å². The Bertz CT molecular complexity index is 344. The highest BCUT2D eigenvalue weighted by Crippen LogP contribution is 2.32. The average Bonchev–Trinajstić information content (AvgIpc) is 2.71. The van der Waals surface area contributed by atoms with Crippen molar-refractivity contribution in [3.63, 3.8) is 0 Å². The number of nitrogens with zero attached hydrogens (tertiary/aromatic N) is 2. The molecule has 1 aliphatic carbocycles. The summed E-state index contributed by atoms with van der Waals surface area (Å²) < 4.78 is 5.84. The number of rotatable bonds is 3. The molecule has 0 aromatic carbocycles. The molecular weight excluding hydrogens is 244 g/mol. The highest BCUT2D eigenvalue weighted by atomic mass is 35.5. The molecule has 2 rings (SSSR count). The number of alkyl halides is 1. The van der Waals surface area contributed by atoms with E-state index >= 15 is 0 Å². The van der Waals surface area contributed by atoms with Crippen LogP contribution in [0.1, 0.15) is 38.1 Å². The Morgan fingerprint density at radius 2 is 2.12 bits per heavy atom. The van der Waals surface area contributed by atoms with Crippen LogP contribution < -0.4 is 4.74 Å². The molecule has 3 atom stereocenters. The van der Waals surface area contributed by atoms with Gasteiger partial charge in [-0.05, 0) is 31.1 Å². The number of aromatic nitrogens is 2. The van der Waals surface area contributed by atoms with Crippen LogP contribution in [0.5, 0.6) is 5.19 Å². The number of hydrogen-bond donors (Lipinski definition) is 0.